The Morgan fingerprint density at radius 1 is 1.14 bits per heavy atom. The number of aromatic nitrogens is 2. The Balaban J connectivity index is 1.74. The van der Waals surface area contributed by atoms with Gasteiger partial charge in [-0.15, -0.1) is 13.2 Å². The molecule has 2 aromatic carbocycles. The van der Waals surface area contributed by atoms with Gasteiger partial charge in [-0.05, 0) is 73.1 Å². The van der Waals surface area contributed by atoms with Crippen LogP contribution in [0.5, 0.6) is 5.75 Å². The van der Waals surface area contributed by atoms with Crippen molar-refractivity contribution < 1.29 is 31.1 Å². The smallest absolute Gasteiger partial charge is 0.406 e. The first-order valence-corrected chi connectivity index (χ1v) is 13.6. The molecule has 0 aliphatic heterocycles. The quantitative estimate of drug-likeness (QED) is 0.414. The molecule has 0 unspecified atom stereocenters. The highest BCUT2D eigenvalue weighted by molar-refractivity contribution is 7.89. The van der Waals surface area contributed by atoms with Crippen LogP contribution in [0.25, 0.3) is 11.0 Å². The molecular formula is C25H29F3N4O4S. The highest BCUT2D eigenvalue weighted by Crippen LogP contribution is 2.46. The topological polar surface area (TPSA) is 102 Å². The number of carbonyl (C=O) groups excluding carboxylic acids is 1. The number of alkyl halides is 3. The number of carbonyl (C=O) groups is 1. The normalized spacial score (nSPS) is 20.0. The molecule has 1 aliphatic carbocycles. The molecule has 1 saturated carbocycles. The Morgan fingerprint density at radius 3 is 2.41 bits per heavy atom. The van der Waals surface area contributed by atoms with E-state index in [0.717, 1.165) is 31.0 Å². The zero-order valence-corrected chi connectivity index (χ0v) is 21.7. The monoisotopic (exact) mass is 538 g/mol. The molecular weight excluding hydrogens is 509 g/mol. The van der Waals surface area contributed by atoms with Gasteiger partial charge in [-0.25, -0.2) is 18.1 Å². The Hall–Kier alpha value is -3.28. The molecule has 1 aromatic heterocycles. The fourth-order valence-electron chi connectivity index (χ4n) is 5.29. The van der Waals surface area contributed by atoms with Gasteiger partial charge >= 0.3 is 6.36 Å². The summed E-state index contributed by atoms with van der Waals surface area (Å²) in [7, 11) is -3.74. The molecule has 37 heavy (non-hydrogen) atoms. The van der Waals surface area contributed by atoms with E-state index in [-0.39, 0.29) is 22.8 Å². The van der Waals surface area contributed by atoms with Crippen molar-refractivity contribution in [3.63, 3.8) is 0 Å². The lowest BCUT2D eigenvalue weighted by atomic mass is 9.70. The molecule has 0 saturated heterocycles. The summed E-state index contributed by atoms with van der Waals surface area (Å²) in [6, 6.07) is 10.2. The van der Waals surface area contributed by atoms with Crippen LogP contribution in [0.4, 0.5) is 24.8 Å². The summed E-state index contributed by atoms with van der Waals surface area (Å²) < 4.78 is 68.6. The fraction of sp³-hybridized carbons (Fsp3) is 0.440. The van der Waals surface area contributed by atoms with Gasteiger partial charge in [-0.1, -0.05) is 20.8 Å². The van der Waals surface area contributed by atoms with Gasteiger partial charge in [0.15, 0.2) is 0 Å². The van der Waals surface area contributed by atoms with E-state index in [2.05, 4.69) is 40.4 Å². The maximum absolute atomic E-state index is 12.5. The molecule has 200 valence electrons. The van der Waals surface area contributed by atoms with Crippen molar-refractivity contribution in [1.82, 2.24) is 14.3 Å². The lowest BCUT2D eigenvalue weighted by Gasteiger charge is -2.40. The Morgan fingerprint density at radius 2 is 1.81 bits per heavy atom. The van der Waals surface area contributed by atoms with E-state index in [9.17, 15) is 26.4 Å². The average molecular weight is 539 g/mol. The number of halogens is 3. The number of sulfonamides is 1. The van der Waals surface area contributed by atoms with Gasteiger partial charge in [0, 0.05) is 17.3 Å². The van der Waals surface area contributed by atoms with E-state index < -0.39 is 22.3 Å². The summed E-state index contributed by atoms with van der Waals surface area (Å²) in [5.41, 5.74) is 1.97. The zero-order valence-electron chi connectivity index (χ0n) is 20.9. The maximum Gasteiger partial charge on any atom is 0.573 e. The number of benzene rings is 2. The lowest BCUT2D eigenvalue weighted by molar-refractivity contribution is -0.274. The van der Waals surface area contributed by atoms with Crippen LogP contribution in [0.1, 0.15) is 56.4 Å². The first kappa shape index (κ1) is 26.8. The number of imidazole rings is 1. The molecule has 3 aromatic rings. The van der Waals surface area contributed by atoms with Crippen LogP contribution in [-0.2, 0) is 10.0 Å². The number of nitrogens with zero attached hydrogens (tertiary/aromatic N) is 2. The van der Waals surface area contributed by atoms with E-state index in [1.807, 2.05) is 4.72 Å². The molecule has 1 amide bonds. The number of rotatable bonds is 6. The first-order valence-electron chi connectivity index (χ1n) is 11.8. The van der Waals surface area contributed by atoms with Crippen LogP contribution in [0, 0.1) is 11.3 Å². The fourth-order valence-corrected chi connectivity index (χ4v) is 5.74. The predicted molar refractivity (Wildman–Crippen MR) is 134 cm³/mol. The summed E-state index contributed by atoms with van der Waals surface area (Å²) in [5.74, 6) is -0.176. The third-order valence-corrected chi connectivity index (χ3v) is 6.86. The maximum atomic E-state index is 12.5. The van der Waals surface area contributed by atoms with E-state index >= 15 is 0 Å². The third-order valence-electron chi connectivity index (χ3n) is 6.30. The standard InChI is InChI=1S/C25H29F3N4O4S/c1-15-11-18(14-24(2,3)13-15)32-21-10-5-16(22(33)31-37(4,34)35)12-20(21)30-23(32)29-17-6-8-19(9-7-17)36-25(26,27)28/h5-10,12,15,18H,11,13-14H2,1-4H3,(H,29,30)(H,31,33)/t15-,18+/m0/s1. The van der Waals surface area contributed by atoms with Crippen LogP contribution >= 0.6 is 0 Å². The van der Waals surface area contributed by atoms with Crippen molar-refractivity contribution in [2.45, 2.75) is 52.4 Å². The van der Waals surface area contributed by atoms with Crippen molar-refractivity contribution in [2.24, 2.45) is 11.3 Å². The molecule has 1 aliphatic rings. The van der Waals surface area contributed by atoms with Crippen LogP contribution in [0.2, 0.25) is 0 Å². The van der Waals surface area contributed by atoms with Crippen molar-refractivity contribution in [3.8, 4) is 5.75 Å². The number of hydrogen-bond donors (Lipinski definition) is 2. The second kappa shape index (κ2) is 9.55. The average Bonchev–Trinajstić information content (AvgIpc) is 3.08. The summed E-state index contributed by atoms with van der Waals surface area (Å²) in [6.45, 7) is 6.64. The third kappa shape index (κ3) is 6.73. The number of fused-ring (bicyclic) bond motifs is 1. The summed E-state index contributed by atoms with van der Waals surface area (Å²) in [6.07, 6.45) is -1.02. The SMILES string of the molecule is C[C@H]1C[C@@H](n2c(Nc3ccc(OC(F)(F)F)cc3)nc3cc(C(=O)NS(C)(=O)=O)ccc32)CC(C)(C)C1. The van der Waals surface area contributed by atoms with E-state index in [0.29, 0.717) is 23.1 Å². The van der Waals surface area contributed by atoms with Gasteiger partial charge in [0.1, 0.15) is 5.75 Å². The zero-order chi connectivity index (χ0) is 27.2. The molecule has 2 atom stereocenters. The Kier molecular flexibility index (Phi) is 6.91. The van der Waals surface area contributed by atoms with E-state index in [1.54, 1.807) is 12.1 Å². The number of ether oxygens (including phenoxy) is 1. The minimum absolute atomic E-state index is 0.0785. The largest absolute Gasteiger partial charge is 0.573 e. The first-order chi connectivity index (χ1) is 17.1. The molecule has 0 radical (unpaired) electrons. The van der Waals surface area contributed by atoms with Crippen LogP contribution in [0.3, 0.4) is 0 Å². The molecule has 2 N–H and O–H groups in total. The highest BCUT2D eigenvalue weighted by Gasteiger charge is 2.35. The second-order valence-corrected chi connectivity index (χ2v) is 12.2. The molecule has 0 bridgehead atoms. The molecule has 1 heterocycles. The number of nitrogens with one attached hydrogen (secondary N) is 2. The minimum atomic E-state index is -4.78. The lowest BCUT2D eigenvalue weighted by Crippen LogP contribution is -2.30. The molecule has 4 rings (SSSR count). The Labute approximate surface area is 213 Å². The number of amides is 1. The summed E-state index contributed by atoms with van der Waals surface area (Å²) >= 11 is 0. The summed E-state index contributed by atoms with van der Waals surface area (Å²) in [5, 5.41) is 3.20. The van der Waals surface area contributed by atoms with Crippen molar-refractivity contribution in [1.29, 1.82) is 0 Å². The predicted octanol–water partition coefficient (Wildman–Crippen LogP) is 5.76. The second-order valence-electron chi connectivity index (χ2n) is 10.5. The van der Waals surface area contributed by atoms with Crippen molar-refractivity contribution in [2.75, 3.05) is 11.6 Å². The van der Waals surface area contributed by atoms with Crippen LogP contribution in [-0.4, -0.2) is 36.5 Å². The van der Waals surface area contributed by atoms with Gasteiger partial charge in [0.2, 0.25) is 16.0 Å². The molecule has 12 heteroatoms. The van der Waals surface area contributed by atoms with Crippen LogP contribution in [0.15, 0.2) is 42.5 Å². The van der Waals surface area contributed by atoms with Gasteiger partial charge in [-0.2, -0.15) is 0 Å². The summed E-state index contributed by atoms with van der Waals surface area (Å²) in [4.78, 5) is 17.1. The molecule has 8 nitrogen and oxygen atoms in total. The van der Waals surface area contributed by atoms with Gasteiger partial charge in [0.05, 0.1) is 17.3 Å². The molecule has 0 spiro atoms. The van der Waals surface area contributed by atoms with Gasteiger partial charge in [0.25, 0.3) is 5.91 Å². The minimum Gasteiger partial charge on any atom is -0.406 e. The Bertz CT molecular complexity index is 1420. The van der Waals surface area contributed by atoms with Crippen molar-refractivity contribution in [3.05, 3.63) is 48.0 Å². The van der Waals surface area contributed by atoms with Crippen LogP contribution < -0.4 is 14.8 Å². The van der Waals surface area contributed by atoms with E-state index in [1.165, 1.54) is 30.3 Å². The van der Waals surface area contributed by atoms with E-state index in [4.69, 9.17) is 0 Å². The highest BCUT2D eigenvalue weighted by atomic mass is 32.2. The van der Waals surface area contributed by atoms with Crippen molar-refractivity contribution >= 4 is 38.6 Å². The molecule has 1 fully saturated rings. The number of anilines is 2. The van der Waals surface area contributed by atoms with Gasteiger partial charge in [-0.3, -0.25) is 4.79 Å². The van der Waals surface area contributed by atoms with Gasteiger partial charge < -0.3 is 14.6 Å². The number of hydrogen-bond acceptors (Lipinski definition) is 6.